The van der Waals surface area contributed by atoms with Gasteiger partial charge in [-0.3, -0.25) is 4.79 Å². The number of hydrogen-bond donors (Lipinski definition) is 1. The Kier molecular flexibility index (Phi) is 3.76. The van der Waals surface area contributed by atoms with Crippen LogP contribution in [0.4, 0.5) is 0 Å². The van der Waals surface area contributed by atoms with Crippen LogP contribution in [0, 0.1) is 17.8 Å². The molecule has 3 nitrogen and oxygen atoms in total. The molecule has 98 valence electrons. The minimum atomic E-state index is -0.773. The molecule has 0 heterocycles. The summed E-state index contributed by atoms with van der Waals surface area (Å²) >= 11 is 0. The first-order valence-corrected chi connectivity index (χ1v) is 7.00. The van der Waals surface area contributed by atoms with Crippen LogP contribution in [0.1, 0.15) is 52.4 Å². The predicted octanol–water partition coefficient (Wildman–Crippen LogP) is 2.52. The quantitative estimate of drug-likeness (QED) is 0.751. The number of rotatable bonds is 5. The summed E-state index contributed by atoms with van der Waals surface area (Å²) < 4.78 is 5.14. The van der Waals surface area contributed by atoms with Crippen LogP contribution in [0.5, 0.6) is 0 Å². The Balaban J connectivity index is 2.12. The van der Waals surface area contributed by atoms with Crippen LogP contribution in [0.25, 0.3) is 0 Å². The SMILES string of the molecule is CCCC(C(=O)OCC)C1(O)CC2CCC1C2. The summed E-state index contributed by atoms with van der Waals surface area (Å²) in [6, 6.07) is 0. The third kappa shape index (κ3) is 2.22. The molecule has 0 aromatic heterocycles. The van der Waals surface area contributed by atoms with Crippen molar-refractivity contribution >= 4 is 5.97 Å². The van der Waals surface area contributed by atoms with E-state index in [4.69, 9.17) is 4.74 Å². The lowest BCUT2D eigenvalue weighted by Crippen LogP contribution is -2.47. The molecule has 2 aliphatic rings. The molecule has 1 N–H and O–H groups in total. The first-order valence-electron chi connectivity index (χ1n) is 7.00. The zero-order valence-electron chi connectivity index (χ0n) is 10.9. The molecule has 4 atom stereocenters. The molecular weight excluding hydrogens is 216 g/mol. The standard InChI is InChI=1S/C14H24O3/c1-3-5-12(13(15)17-4-2)14(16)9-10-6-7-11(14)8-10/h10-12,16H,3-9H2,1-2H3. The van der Waals surface area contributed by atoms with E-state index in [-0.39, 0.29) is 11.9 Å². The number of hydrogen-bond acceptors (Lipinski definition) is 3. The fourth-order valence-electron chi connectivity index (χ4n) is 3.87. The third-order valence-corrected chi connectivity index (χ3v) is 4.62. The molecule has 0 aromatic rings. The van der Waals surface area contributed by atoms with E-state index >= 15 is 0 Å². The number of aliphatic hydroxyl groups is 1. The maximum absolute atomic E-state index is 12.0. The smallest absolute Gasteiger partial charge is 0.311 e. The van der Waals surface area contributed by atoms with Crippen LogP contribution < -0.4 is 0 Å². The predicted molar refractivity (Wildman–Crippen MR) is 65.4 cm³/mol. The van der Waals surface area contributed by atoms with Gasteiger partial charge in [0.15, 0.2) is 0 Å². The highest BCUT2D eigenvalue weighted by Gasteiger charge is 2.56. The van der Waals surface area contributed by atoms with Gasteiger partial charge in [0.25, 0.3) is 0 Å². The maximum atomic E-state index is 12.0. The maximum Gasteiger partial charge on any atom is 0.311 e. The molecule has 17 heavy (non-hydrogen) atoms. The third-order valence-electron chi connectivity index (χ3n) is 4.62. The van der Waals surface area contributed by atoms with Gasteiger partial charge in [0.2, 0.25) is 0 Å². The average molecular weight is 240 g/mol. The van der Waals surface area contributed by atoms with Crippen molar-refractivity contribution in [3.05, 3.63) is 0 Å². The van der Waals surface area contributed by atoms with E-state index in [2.05, 4.69) is 6.92 Å². The van der Waals surface area contributed by atoms with Crippen molar-refractivity contribution in [2.75, 3.05) is 6.61 Å². The van der Waals surface area contributed by atoms with Crippen LogP contribution in [0.15, 0.2) is 0 Å². The highest BCUT2D eigenvalue weighted by atomic mass is 16.5. The molecule has 0 aliphatic heterocycles. The number of fused-ring (bicyclic) bond motifs is 2. The molecule has 0 aromatic carbocycles. The Morgan fingerprint density at radius 3 is 2.71 bits per heavy atom. The van der Waals surface area contributed by atoms with Crippen molar-refractivity contribution in [2.24, 2.45) is 17.8 Å². The molecule has 4 unspecified atom stereocenters. The van der Waals surface area contributed by atoms with Gasteiger partial charge >= 0.3 is 5.97 Å². The molecule has 0 spiro atoms. The topological polar surface area (TPSA) is 46.5 Å². The molecular formula is C14H24O3. The van der Waals surface area contributed by atoms with Gasteiger partial charge in [-0.15, -0.1) is 0 Å². The highest BCUT2D eigenvalue weighted by Crippen LogP contribution is 2.54. The van der Waals surface area contributed by atoms with Gasteiger partial charge in [-0.25, -0.2) is 0 Å². The van der Waals surface area contributed by atoms with Crippen molar-refractivity contribution in [1.82, 2.24) is 0 Å². The van der Waals surface area contributed by atoms with Crippen molar-refractivity contribution in [2.45, 2.75) is 58.0 Å². The van der Waals surface area contributed by atoms with Crippen molar-refractivity contribution in [1.29, 1.82) is 0 Å². The Labute approximate surface area is 104 Å². The normalized spacial score (nSPS) is 37.1. The minimum Gasteiger partial charge on any atom is -0.466 e. The molecule has 0 radical (unpaired) electrons. The number of ether oxygens (including phenoxy) is 1. The highest BCUT2D eigenvalue weighted by molar-refractivity contribution is 5.74. The first kappa shape index (κ1) is 12.9. The Hall–Kier alpha value is -0.570. The molecule has 2 saturated carbocycles. The van der Waals surface area contributed by atoms with E-state index in [9.17, 15) is 9.90 Å². The Morgan fingerprint density at radius 2 is 2.24 bits per heavy atom. The second kappa shape index (κ2) is 4.97. The van der Waals surface area contributed by atoms with Crippen molar-refractivity contribution in [3.63, 3.8) is 0 Å². The van der Waals surface area contributed by atoms with Gasteiger partial charge in [0.05, 0.1) is 18.1 Å². The van der Waals surface area contributed by atoms with E-state index in [0.29, 0.717) is 18.4 Å². The first-order chi connectivity index (χ1) is 8.11. The van der Waals surface area contributed by atoms with Gasteiger partial charge in [-0.2, -0.15) is 0 Å². The van der Waals surface area contributed by atoms with Crippen LogP contribution in [-0.2, 0) is 9.53 Å². The number of esters is 1. The summed E-state index contributed by atoms with van der Waals surface area (Å²) in [7, 11) is 0. The molecule has 0 saturated heterocycles. The van der Waals surface area contributed by atoms with Crippen molar-refractivity contribution in [3.8, 4) is 0 Å². The van der Waals surface area contributed by atoms with Crippen LogP contribution in [0.3, 0.4) is 0 Å². The molecule has 0 amide bonds. The fraction of sp³-hybridized carbons (Fsp3) is 0.929. The number of carbonyl (C=O) groups is 1. The van der Waals surface area contributed by atoms with E-state index in [0.717, 1.165) is 32.1 Å². The summed E-state index contributed by atoms with van der Waals surface area (Å²) in [6.07, 6.45) is 5.90. The summed E-state index contributed by atoms with van der Waals surface area (Å²) in [5.41, 5.74) is -0.773. The lowest BCUT2D eigenvalue weighted by atomic mass is 9.73. The van der Waals surface area contributed by atoms with E-state index < -0.39 is 5.60 Å². The van der Waals surface area contributed by atoms with Gasteiger partial charge in [0, 0.05) is 0 Å². The summed E-state index contributed by atoms with van der Waals surface area (Å²) in [6.45, 7) is 4.29. The van der Waals surface area contributed by atoms with Gasteiger partial charge in [-0.05, 0) is 50.9 Å². The molecule has 2 rings (SSSR count). The van der Waals surface area contributed by atoms with Crippen LogP contribution >= 0.6 is 0 Å². The van der Waals surface area contributed by atoms with Crippen LogP contribution in [0.2, 0.25) is 0 Å². The molecule has 2 aliphatic carbocycles. The monoisotopic (exact) mass is 240 g/mol. The lowest BCUT2D eigenvalue weighted by molar-refractivity contribution is -0.163. The molecule has 3 heteroatoms. The Bertz CT molecular complexity index is 289. The van der Waals surface area contributed by atoms with E-state index in [1.54, 1.807) is 0 Å². The summed E-state index contributed by atoms with van der Waals surface area (Å²) in [5.74, 6) is 0.472. The number of carbonyl (C=O) groups excluding carboxylic acids is 1. The van der Waals surface area contributed by atoms with E-state index in [1.165, 1.54) is 6.42 Å². The molecule has 2 fully saturated rings. The zero-order chi connectivity index (χ0) is 12.5. The largest absolute Gasteiger partial charge is 0.466 e. The lowest BCUT2D eigenvalue weighted by Gasteiger charge is -2.38. The Morgan fingerprint density at radius 1 is 1.47 bits per heavy atom. The minimum absolute atomic E-state index is 0.190. The molecule has 2 bridgehead atoms. The second-order valence-electron chi connectivity index (χ2n) is 5.66. The average Bonchev–Trinajstić information content (AvgIpc) is 2.86. The summed E-state index contributed by atoms with van der Waals surface area (Å²) in [4.78, 5) is 12.0. The van der Waals surface area contributed by atoms with E-state index in [1.807, 2.05) is 6.92 Å². The fourth-order valence-corrected chi connectivity index (χ4v) is 3.87. The van der Waals surface area contributed by atoms with Crippen molar-refractivity contribution < 1.29 is 14.6 Å². The zero-order valence-corrected chi connectivity index (χ0v) is 10.9. The van der Waals surface area contributed by atoms with Gasteiger partial charge in [-0.1, -0.05) is 13.3 Å². The van der Waals surface area contributed by atoms with Crippen LogP contribution in [-0.4, -0.2) is 23.3 Å². The second-order valence-corrected chi connectivity index (χ2v) is 5.66. The summed E-state index contributed by atoms with van der Waals surface area (Å²) in [5, 5.41) is 10.9. The van der Waals surface area contributed by atoms with Gasteiger partial charge in [0.1, 0.15) is 0 Å². The van der Waals surface area contributed by atoms with Gasteiger partial charge < -0.3 is 9.84 Å².